The van der Waals surface area contributed by atoms with E-state index in [1.807, 2.05) is 25.1 Å². The third kappa shape index (κ3) is 8.11. The van der Waals surface area contributed by atoms with E-state index in [-0.39, 0.29) is 36.5 Å². The van der Waals surface area contributed by atoms with E-state index in [0.717, 1.165) is 22.3 Å². The summed E-state index contributed by atoms with van der Waals surface area (Å²) in [5.74, 6) is -0.452. The van der Waals surface area contributed by atoms with Gasteiger partial charge in [0.2, 0.25) is 11.8 Å². The van der Waals surface area contributed by atoms with E-state index >= 15 is 0 Å². The minimum Gasteiger partial charge on any atom is -0.487 e. The van der Waals surface area contributed by atoms with Gasteiger partial charge in [-0.15, -0.1) is 17.5 Å². The molecule has 0 unspecified atom stereocenters. The minimum absolute atomic E-state index is 0. The number of fused-ring (bicyclic) bond motifs is 1. The molecule has 48 heavy (non-hydrogen) atoms. The first kappa shape index (κ1) is 35.9. The molecule has 0 spiro atoms. The van der Waals surface area contributed by atoms with E-state index in [1.165, 1.54) is 15.9 Å². The molecular weight excluding hydrogens is 677 g/mol. The second-order valence-corrected chi connectivity index (χ2v) is 11.5. The molecule has 5 rings (SSSR count). The number of likely N-dealkylation sites (N-methyl/N-ethyl adjacent to an activating group) is 1. The largest absolute Gasteiger partial charge is 0.487 e. The van der Waals surface area contributed by atoms with Gasteiger partial charge in [-0.3, -0.25) is 14.4 Å². The molecule has 1 N–H and O–H groups in total. The zero-order valence-electron chi connectivity index (χ0n) is 26.5. The normalized spacial score (nSPS) is 10.9. The van der Waals surface area contributed by atoms with Crippen LogP contribution in [0.25, 0.3) is 22.7 Å². The maximum Gasteiger partial charge on any atom is 0.253 e. The van der Waals surface area contributed by atoms with Gasteiger partial charge in [0, 0.05) is 54.4 Å². The number of carbonyl (C=O) groups excluding carboxylic acids is 3. The summed E-state index contributed by atoms with van der Waals surface area (Å²) in [6.07, 6.45) is 6.27. The predicted octanol–water partition coefficient (Wildman–Crippen LogP) is 5.93. The summed E-state index contributed by atoms with van der Waals surface area (Å²) in [4.78, 5) is 45.0. The average molecular weight is 709 g/mol. The van der Waals surface area contributed by atoms with Crippen molar-refractivity contribution in [2.45, 2.75) is 13.5 Å². The van der Waals surface area contributed by atoms with Gasteiger partial charge in [0.1, 0.15) is 17.9 Å². The van der Waals surface area contributed by atoms with Crippen molar-refractivity contribution in [1.82, 2.24) is 30.2 Å². The Kier molecular flexibility index (Phi) is 11.8. The Morgan fingerprint density at radius 1 is 1.02 bits per heavy atom. The Hall–Kier alpha value is -4.97. The molecule has 5 aromatic rings. The fourth-order valence-electron chi connectivity index (χ4n) is 4.74. The number of nitrogens with one attached hydrogen (secondary N) is 1. The van der Waals surface area contributed by atoms with Crippen LogP contribution in [0.15, 0.2) is 79.1 Å². The Labute approximate surface area is 293 Å². The summed E-state index contributed by atoms with van der Waals surface area (Å²) >= 11 is 13.3. The summed E-state index contributed by atoms with van der Waals surface area (Å²) in [6, 6.07) is 17.6. The molecule has 11 nitrogen and oxygen atoms in total. The molecule has 2 heterocycles. The molecule has 3 amide bonds. The highest BCUT2D eigenvalue weighted by molar-refractivity contribution is 6.38. The minimum atomic E-state index is -0.456. The summed E-state index contributed by atoms with van der Waals surface area (Å²) in [5, 5.41) is 12.0. The first-order valence-electron chi connectivity index (χ1n) is 14.4. The van der Waals surface area contributed by atoms with Crippen LogP contribution in [0.3, 0.4) is 0 Å². The van der Waals surface area contributed by atoms with Crippen molar-refractivity contribution in [3.05, 3.63) is 112 Å². The van der Waals surface area contributed by atoms with E-state index < -0.39 is 11.8 Å². The molecule has 3 aromatic carbocycles. The summed E-state index contributed by atoms with van der Waals surface area (Å²) in [6.45, 7) is 1.62. The van der Waals surface area contributed by atoms with E-state index in [4.69, 9.17) is 32.9 Å². The number of nitrogens with zero attached hydrogens (tertiary/aromatic N) is 6. The van der Waals surface area contributed by atoms with Crippen LogP contribution in [0.5, 0.6) is 5.75 Å². The SMILES string of the molecule is Cc1cc(-n2ccnn2)c2cccc(OCc3c(Cl)ccc(N(C)C(=O)CNC(=O)/C=C/c4ccc(C(=O)N(C)C)cc4)c3Cl)c2n1.Cl. The van der Waals surface area contributed by atoms with Gasteiger partial charge in [-0.25, -0.2) is 9.67 Å². The molecule has 14 heteroatoms. The van der Waals surface area contributed by atoms with E-state index in [1.54, 1.807) is 86.8 Å². The molecular formula is C34H32Cl3N7O4. The van der Waals surface area contributed by atoms with Crippen LogP contribution >= 0.6 is 35.6 Å². The number of benzene rings is 3. The third-order valence-electron chi connectivity index (χ3n) is 7.26. The zero-order valence-corrected chi connectivity index (χ0v) is 28.8. The van der Waals surface area contributed by atoms with Crippen LogP contribution in [-0.4, -0.2) is 70.3 Å². The topological polar surface area (TPSA) is 123 Å². The number of amides is 3. The molecule has 0 fully saturated rings. The molecule has 0 atom stereocenters. The van der Waals surface area contributed by atoms with Crippen molar-refractivity contribution in [3.8, 4) is 11.4 Å². The molecule has 0 aliphatic heterocycles. The Bertz CT molecular complexity index is 1980. The number of hydrogen-bond donors (Lipinski definition) is 1. The number of aromatic nitrogens is 4. The lowest BCUT2D eigenvalue weighted by Crippen LogP contribution is -2.37. The van der Waals surface area contributed by atoms with Gasteiger partial charge >= 0.3 is 0 Å². The van der Waals surface area contributed by atoms with Crippen molar-refractivity contribution < 1.29 is 19.1 Å². The molecule has 0 saturated carbocycles. The lowest BCUT2D eigenvalue weighted by atomic mass is 10.1. The Balaban J connectivity index is 0.00000520. The van der Waals surface area contributed by atoms with Crippen molar-refractivity contribution in [1.29, 1.82) is 0 Å². The van der Waals surface area contributed by atoms with Gasteiger partial charge in [-0.05, 0) is 55.0 Å². The summed E-state index contributed by atoms with van der Waals surface area (Å²) in [5.41, 5.74) is 4.37. The van der Waals surface area contributed by atoms with Crippen LogP contribution in [0.1, 0.15) is 27.2 Å². The van der Waals surface area contributed by atoms with Crippen molar-refractivity contribution in [3.63, 3.8) is 0 Å². The lowest BCUT2D eigenvalue weighted by molar-refractivity contribution is -0.122. The molecule has 0 saturated heterocycles. The number of para-hydroxylation sites is 1. The van der Waals surface area contributed by atoms with Crippen LogP contribution in [-0.2, 0) is 16.2 Å². The number of halogens is 3. The first-order valence-corrected chi connectivity index (χ1v) is 15.2. The number of anilines is 1. The zero-order chi connectivity index (χ0) is 33.7. The quantitative estimate of drug-likeness (QED) is 0.179. The highest BCUT2D eigenvalue weighted by Crippen LogP contribution is 2.36. The van der Waals surface area contributed by atoms with Crippen molar-refractivity contribution in [2.75, 3.05) is 32.6 Å². The van der Waals surface area contributed by atoms with Crippen LogP contribution in [0.2, 0.25) is 10.0 Å². The third-order valence-corrected chi connectivity index (χ3v) is 8.03. The maximum absolute atomic E-state index is 13.0. The Morgan fingerprint density at radius 2 is 1.77 bits per heavy atom. The first-order chi connectivity index (χ1) is 22.5. The van der Waals surface area contributed by atoms with Gasteiger partial charge in [-0.2, -0.15) is 0 Å². The highest BCUT2D eigenvalue weighted by atomic mass is 35.5. The number of pyridine rings is 1. The molecule has 0 radical (unpaired) electrons. The van der Waals surface area contributed by atoms with Crippen LogP contribution < -0.4 is 15.0 Å². The standard InChI is InChI=1S/C34H31Cl2N7O4.ClH/c1-21-18-28(43-17-16-38-40-43)24-6-5-7-29(33(24)39-21)47-20-25-26(35)13-14-27(32(25)36)42(4)31(45)19-37-30(44)15-10-22-8-11-23(12-9-22)34(46)41(2)3;/h5-18H,19-20H2,1-4H3,(H,37,44);1H/b15-10+;. The highest BCUT2D eigenvalue weighted by Gasteiger charge is 2.20. The number of hydrogen-bond acceptors (Lipinski definition) is 7. The molecule has 0 aliphatic carbocycles. The number of aryl methyl sites for hydroxylation is 1. The lowest BCUT2D eigenvalue weighted by Gasteiger charge is -2.21. The molecule has 2 aromatic heterocycles. The van der Waals surface area contributed by atoms with Gasteiger partial charge in [0.15, 0.2) is 0 Å². The Morgan fingerprint density at radius 3 is 2.46 bits per heavy atom. The molecule has 0 aliphatic rings. The maximum atomic E-state index is 13.0. The smallest absolute Gasteiger partial charge is 0.253 e. The van der Waals surface area contributed by atoms with Gasteiger partial charge in [0.05, 0.1) is 35.3 Å². The van der Waals surface area contributed by atoms with Crippen LogP contribution in [0, 0.1) is 6.92 Å². The van der Waals surface area contributed by atoms with E-state index in [0.29, 0.717) is 33.1 Å². The number of ether oxygens (including phenoxy) is 1. The fourth-order valence-corrected chi connectivity index (χ4v) is 5.35. The van der Waals surface area contributed by atoms with Crippen molar-refractivity contribution >= 4 is 76.0 Å². The second-order valence-electron chi connectivity index (χ2n) is 10.8. The second kappa shape index (κ2) is 15.7. The van der Waals surface area contributed by atoms with Gasteiger partial charge < -0.3 is 19.9 Å². The van der Waals surface area contributed by atoms with Crippen molar-refractivity contribution in [2.24, 2.45) is 0 Å². The average Bonchev–Trinajstić information content (AvgIpc) is 3.60. The van der Waals surface area contributed by atoms with E-state index in [2.05, 4.69) is 15.6 Å². The van der Waals surface area contributed by atoms with E-state index in [9.17, 15) is 14.4 Å². The number of rotatable bonds is 10. The van der Waals surface area contributed by atoms with Crippen LogP contribution in [0.4, 0.5) is 5.69 Å². The van der Waals surface area contributed by atoms with Gasteiger partial charge in [-0.1, -0.05) is 52.7 Å². The summed E-state index contributed by atoms with van der Waals surface area (Å²) < 4.78 is 7.86. The summed E-state index contributed by atoms with van der Waals surface area (Å²) in [7, 11) is 4.91. The van der Waals surface area contributed by atoms with Gasteiger partial charge in [0.25, 0.3) is 5.91 Å². The predicted molar refractivity (Wildman–Crippen MR) is 189 cm³/mol. The monoisotopic (exact) mass is 707 g/mol. The fraction of sp³-hybridized carbons (Fsp3) is 0.176. The molecule has 0 bridgehead atoms. The number of carbonyl (C=O) groups is 3. The molecule has 248 valence electrons.